The summed E-state index contributed by atoms with van der Waals surface area (Å²) in [5.41, 5.74) is 3.62. The number of nitrogens with zero attached hydrogens (tertiary/aromatic N) is 4. The van der Waals surface area contributed by atoms with Gasteiger partial charge in [0.15, 0.2) is 5.65 Å². The van der Waals surface area contributed by atoms with Gasteiger partial charge in [0.1, 0.15) is 4.88 Å². The van der Waals surface area contributed by atoms with Crippen molar-refractivity contribution in [2.45, 2.75) is 18.8 Å². The number of pyridine rings is 1. The van der Waals surface area contributed by atoms with Crippen LogP contribution in [0.4, 0.5) is 0 Å². The third-order valence-corrected chi connectivity index (χ3v) is 4.93. The maximum absolute atomic E-state index is 12.3. The van der Waals surface area contributed by atoms with Crippen LogP contribution >= 0.6 is 11.3 Å². The standard InChI is InChI=1S/C15H15N5OS/c21-15(13-8-16-9-22-13)20-5-3-10(4-6-20)12-2-1-11-7-17-19-14(11)18-12/h1-2,7-10H,3-6H2,(H,17,18,19). The molecule has 0 aliphatic carbocycles. The quantitative estimate of drug-likeness (QED) is 0.788. The van der Waals surface area contributed by atoms with Crippen molar-refractivity contribution in [3.8, 4) is 0 Å². The fraction of sp³-hybridized carbons (Fsp3) is 0.333. The van der Waals surface area contributed by atoms with Crippen LogP contribution in [0, 0.1) is 0 Å². The van der Waals surface area contributed by atoms with Crippen LogP contribution in [0.25, 0.3) is 11.0 Å². The molecule has 3 aromatic heterocycles. The number of carbonyl (C=O) groups excluding carboxylic acids is 1. The molecule has 22 heavy (non-hydrogen) atoms. The predicted molar refractivity (Wildman–Crippen MR) is 83.9 cm³/mol. The van der Waals surface area contributed by atoms with Crippen molar-refractivity contribution in [2.75, 3.05) is 13.1 Å². The van der Waals surface area contributed by atoms with E-state index < -0.39 is 0 Å². The van der Waals surface area contributed by atoms with Crippen molar-refractivity contribution in [3.05, 3.63) is 40.6 Å². The number of hydrogen-bond donors (Lipinski definition) is 1. The van der Waals surface area contributed by atoms with Gasteiger partial charge in [0, 0.05) is 30.1 Å². The molecule has 0 radical (unpaired) electrons. The second-order valence-corrected chi connectivity index (χ2v) is 6.36. The Morgan fingerprint density at radius 1 is 1.27 bits per heavy atom. The lowest BCUT2D eigenvalue weighted by Crippen LogP contribution is -2.37. The van der Waals surface area contributed by atoms with Crippen LogP contribution < -0.4 is 0 Å². The smallest absolute Gasteiger partial charge is 0.265 e. The van der Waals surface area contributed by atoms with E-state index in [1.807, 2.05) is 4.90 Å². The van der Waals surface area contributed by atoms with Crippen LogP contribution in [0.1, 0.15) is 34.1 Å². The average molecular weight is 313 g/mol. The van der Waals surface area contributed by atoms with Gasteiger partial charge in [-0.05, 0) is 25.0 Å². The van der Waals surface area contributed by atoms with E-state index in [-0.39, 0.29) is 5.91 Å². The van der Waals surface area contributed by atoms with Crippen LogP contribution in [0.3, 0.4) is 0 Å². The second-order valence-electron chi connectivity index (χ2n) is 5.48. The largest absolute Gasteiger partial charge is 0.338 e. The van der Waals surface area contributed by atoms with Crippen molar-refractivity contribution >= 4 is 28.3 Å². The Bertz CT molecular complexity index is 789. The number of carbonyl (C=O) groups is 1. The van der Waals surface area contributed by atoms with Gasteiger partial charge >= 0.3 is 0 Å². The van der Waals surface area contributed by atoms with E-state index in [2.05, 4.69) is 32.3 Å². The molecular formula is C15H15N5OS. The summed E-state index contributed by atoms with van der Waals surface area (Å²) in [7, 11) is 0. The zero-order valence-corrected chi connectivity index (χ0v) is 12.7. The summed E-state index contributed by atoms with van der Waals surface area (Å²) in [5.74, 6) is 0.496. The molecule has 1 saturated heterocycles. The normalized spacial score (nSPS) is 16.3. The Labute approximate surface area is 131 Å². The number of H-pyrrole nitrogens is 1. The Hall–Kier alpha value is -2.28. The van der Waals surface area contributed by atoms with Crippen LogP contribution in [0.15, 0.2) is 30.0 Å². The molecule has 1 amide bonds. The minimum atomic E-state index is 0.0953. The SMILES string of the molecule is O=C(c1cncs1)N1CCC(c2ccc3cn[nH]c3n2)CC1. The number of aromatic amines is 1. The molecule has 0 atom stereocenters. The maximum atomic E-state index is 12.3. The van der Waals surface area contributed by atoms with E-state index >= 15 is 0 Å². The molecule has 3 aromatic rings. The molecule has 112 valence electrons. The first-order valence-corrected chi connectivity index (χ1v) is 8.17. The molecule has 0 bridgehead atoms. The number of aromatic nitrogens is 4. The minimum Gasteiger partial charge on any atom is -0.338 e. The number of piperidine rings is 1. The van der Waals surface area contributed by atoms with E-state index in [0.717, 1.165) is 47.5 Å². The number of rotatable bonds is 2. The van der Waals surface area contributed by atoms with Crippen LogP contribution in [-0.2, 0) is 0 Å². The van der Waals surface area contributed by atoms with Gasteiger partial charge in [-0.1, -0.05) is 0 Å². The Morgan fingerprint density at radius 3 is 2.91 bits per heavy atom. The zero-order valence-electron chi connectivity index (χ0n) is 11.9. The van der Waals surface area contributed by atoms with E-state index in [9.17, 15) is 4.79 Å². The highest BCUT2D eigenvalue weighted by molar-refractivity contribution is 7.11. The summed E-state index contributed by atoms with van der Waals surface area (Å²) in [5, 5.41) is 7.95. The first-order chi connectivity index (χ1) is 10.8. The lowest BCUT2D eigenvalue weighted by atomic mass is 9.93. The summed E-state index contributed by atoms with van der Waals surface area (Å²) in [4.78, 5) is 23.6. The van der Waals surface area contributed by atoms with Gasteiger partial charge in [-0.25, -0.2) is 4.98 Å². The van der Waals surface area contributed by atoms with Crippen LogP contribution in [-0.4, -0.2) is 44.1 Å². The van der Waals surface area contributed by atoms with Gasteiger partial charge in [0.2, 0.25) is 0 Å². The fourth-order valence-electron chi connectivity index (χ4n) is 2.92. The lowest BCUT2D eigenvalue weighted by molar-refractivity contribution is 0.0717. The van der Waals surface area contributed by atoms with E-state index in [4.69, 9.17) is 0 Å². The summed E-state index contributed by atoms with van der Waals surface area (Å²) in [6.07, 6.45) is 5.31. The molecule has 0 spiro atoms. The first-order valence-electron chi connectivity index (χ1n) is 7.29. The second kappa shape index (κ2) is 5.49. The van der Waals surface area contributed by atoms with Crippen molar-refractivity contribution in [1.82, 2.24) is 25.1 Å². The van der Waals surface area contributed by atoms with E-state index in [0.29, 0.717) is 5.92 Å². The molecule has 4 heterocycles. The number of hydrogen-bond acceptors (Lipinski definition) is 5. The highest BCUT2D eigenvalue weighted by atomic mass is 32.1. The molecule has 0 saturated carbocycles. The average Bonchev–Trinajstić information content (AvgIpc) is 3.25. The summed E-state index contributed by atoms with van der Waals surface area (Å²) in [6.45, 7) is 1.54. The predicted octanol–water partition coefficient (Wildman–Crippen LogP) is 2.43. The zero-order chi connectivity index (χ0) is 14.9. The number of nitrogens with one attached hydrogen (secondary N) is 1. The highest BCUT2D eigenvalue weighted by Crippen LogP contribution is 2.28. The molecule has 4 rings (SSSR count). The Kier molecular flexibility index (Phi) is 3.34. The van der Waals surface area contributed by atoms with E-state index in [1.54, 1.807) is 17.9 Å². The number of likely N-dealkylation sites (tertiary alicyclic amines) is 1. The molecular weight excluding hydrogens is 298 g/mol. The third kappa shape index (κ3) is 2.37. The number of thiazole rings is 1. The Balaban J connectivity index is 1.46. The fourth-order valence-corrected chi connectivity index (χ4v) is 3.51. The summed E-state index contributed by atoms with van der Waals surface area (Å²) < 4.78 is 0. The van der Waals surface area contributed by atoms with Gasteiger partial charge in [0.25, 0.3) is 5.91 Å². The van der Waals surface area contributed by atoms with E-state index in [1.165, 1.54) is 11.3 Å². The van der Waals surface area contributed by atoms with Crippen molar-refractivity contribution in [3.63, 3.8) is 0 Å². The summed E-state index contributed by atoms with van der Waals surface area (Å²) in [6, 6.07) is 4.12. The van der Waals surface area contributed by atoms with Gasteiger partial charge in [-0.3, -0.25) is 14.9 Å². The van der Waals surface area contributed by atoms with Gasteiger partial charge in [-0.15, -0.1) is 11.3 Å². The molecule has 0 unspecified atom stereocenters. The summed E-state index contributed by atoms with van der Waals surface area (Å²) >= 11 is 1.40. The van der Waals surface area contributed by atoms with Gasteiger partial charge < -0.3 is 4.90 Å². The first kappa shape index (κ1) is 13.4. The van der Waals surface area contributed by atoms with Crippen molar-refractivity contribution < 1.29 is 4.79 Å². The molecule has 1 aliphatic rings. The lowest BCUT2D eigenvalue weighted by Gasteiger charge is -2.31. The highest BCUT2D eigenvalue weighted by Gasteiger charge is 2.26. The Morgan fingerprint density at radius 2 is 2.14 bits per heavy atom. The minimum absolute atomic E-state index is 0.0953. The molecule has 1 aliphatic heterocycles. The molecule has 7 heteroatoms. The van der Waals surface area contributed by atoms with Crippen LogP contribution in [0.5, 0.6) is 0 Å². The molecule has 1 fully saturated rings. The maximum Gasteiger partial charge on any atom is 0.265 e. The molecule has 6 nitrogen and oxygen atoms in total. The van der Waals surface area contributed by atoms with Gasteiger partial charge in [0.05, 0.1) is 17.9 Å². The van der Waals surface area contributed by atoms with Crippen molar-refractivity contribution in [1.29, 1.82) is 0 Å². The number of amides is 1. The van der Waals surface area contributed by atoms with Gasteiger partial charge in [-0.2, -0.15) is 5.10 Å². The third-order valence-electron chi connectivity index (χ3n) is 4.17. The molecule has 1 N–H and O–H groups in total. The number of fused-ring (bicyclic) bond motifs is 1. The van der Waals surface area contributed by atoms with Crippen LogP contribution in [0.2, 0.25) is 0 Å². The monoisotopic (exact) mass is 313 g/mol. The van der Waals surface area contributed by atoms with Crippen molar-refractivity contribution in [2.24, 2.45) is 0 Å². The molecule has 0 aromatic carbocycles. The topological polar surface area (TPSA) is 74.8 Å².